The first-order valence-electron chi connectivity index (χ1n) is 7.99. The molecule has 0 aromatic heterocycles. The van der Waals surface area contributed by atoms with Crippen molar-refractivity contribution >= 4 is 11.8 Å². The summed E-state index contributed by atoms with van der Waals surface area (Å²) in [5.41, 5.74) is -0.807. The van der Waals surface area contributed by atoms with Crippen LogP contribution >= 0.6 is 0 Å². The van der Waals surface area contributed by atoms with Crippen molar-refractivity contribution in [2.24, 2.45) is 10.8 Å². The molecule has 0 fully saturated rings. The fraction of sp³-hybridized carbons (Fsp3) is 0.778. The molecule has 0 bridgehead atoms. The van der Waals surface area contributed by atoms with Crippen molar-refractivity contribution in [3.63, 3.8) is 0 Å². The van der Waals surface area contributed by atoms with Gasteiger partial charge in [-0.3, -0.25) is 9.59 Å². The number of carbonyl (C=O) groups is 2. The lowest BCUT2D eigenvalue weighted by atomic mass is 9.83. The molecule has 0 saturated heterocycles. The summed E-state index contributed by atoms with van der Waals surface area (Å²) >= 11 is 0. The summed E-state index contributed by atoms with van der Waals surface area (Å²) in [5, 5.41) is 9.01. The topological polar surface area (TPSA) is 54.4 Å². The molecule has 0 saturated carbocycles. The minimum atomic E-state index is -0.717. The van der Waals surface area contributed by atoms with E-state index in [1.54, 1.807) is 20.8 Å². The van der Waals surface area contributed by atoms with Crippen LogP contribution in [0.2, 0.25) is 0 Å². The van der Waals surface area contributed by atoms with E-state index in [2.05, 4.69) is 12.2 Å². The molecular weight excluding hydrogens is 264 g/mol. The van der Waals surface area contributed by atoms with Crippen LogP contribution in [-0.2, 0) is 9.59 Å². The van der Waals surface area contributed by atoms with E-state index in [0.29, 0.717) is 0 Å². The van der Waals surface area contributed by atoms with E-state index in [0.717, 1.165) is 44.9 Å². The Bertz CT molecular complexity index is 365. The van der Waals surface area contributed by atoms with Gasteiger partial charge in [0.05, 0.1) is 5.41 Å². The second kappa shape index (κ2) is 9.01. The van der Waals surface area contributed by atoms with Gasteiger partial charge in [0.1, 0.15) is 5.78 Å². The highest BCUT2D eigenvalue weighted by molar-refractivity contribution is 5.81. The van der Waals surface area contributed by atoms with Gasteiger partial charge in [-0.1, -0.05) is 32.4 Å². The molecule has 0 aliphatic rings. The Morgan fingerprint density at radius 2 is 1.33 bits per heavy atom. The molecule has 3 nitrogen and oxygen atoms in total. The Morgan fingerprint density at radius 3 is 1.81 bits per heavy atom. The molecular formula is C18H32O3. The SMILES string of the molecule is CC(=O)C(C)(C)CCCC=CCCCCC(C)(C)C(=O)O. The van der Waals surface area contributed by atoms with E-state index in [4.69, 9.17) is 5.11 Å². The zero-order valence-electron chi connectivity index (χ0n) is 14.4. The monoisotopic (exact) mass is 296 g/mol. The normalized spacial score (nSPS) is 12.8. The fourth-order valence-corrected chi connectivity index (χ4v) is 2.01. The van der Waals surface area contributed by atoms with Crippen LogP contribution in [0.4, 0.5) is 0 Å². The van der Waals surface area contributed by atoms with Crippen molar-refractivity contribution in [1.29, 1.82) is 0 Å². The molecule has 0 atom stereocenters. The lowest BCUT2D eigenvalue weighted by Crippen LogP contribution is -2.23. The smallest absolute Gasteiger partial charge is 0.309 e. The van der Waals surface area contributed by atoms with Gasteiger partial charge in [0.25, 0.3) is 0 Å². The number of carboxylic acid groups (broad SMARTS) is 1. The van der Waals surface area contributed by atoms with Crippen LogP contribution in [0, 0.1) is 10.8 Å². The number of unbranched alkanes of at least 4 members (excludes halogenated alkanes) is 3. The second-order valence-electron chi connectivity index (χ2n) is 7.24. The average molecular weight is 296 g/mol. The maximum absolute atomic E-state index is 11.4. The van der Waals surface area contributed by atoms with Crippen LogP contribution in [0.5, 0.6) is 0 Å². The quantitative estimate of drug-likeness (QED) is 0.431. The van der Waals surface area contributed by atoms with Gasteiger partial charge in [-0.15, -0.1) is 0 Å². The van der Waals surface area contributed by atoms with Crippen LogP contribution in [0.15, 0.2) is 12.2 Å². The largest absolute Gasteiger partial charge is 0.481 e. The Morgan fingerprint density at radius 1 is 0.857 bits per heavy atom. The number of hydrogen-bond acceptors (Lipinski definition) is 2. The van der Waals surface area contributed by atoms with E-state index in [1.807, 2.05) is 13.8 Å². The predicted molar refractivity (Wildman–Crippen MR) is 87.3 cm³/mol. The summed E-state index contributed by atoms with van der Waals surface area (Å²) in [5.74, 6) is -0.460. The first-order chi connectivity index (χ1) is 9.59. The van der Waals surface area contributed by atoms with Crippen LogP contribution in [0.3, 0.4) is 0 Å². The van der Waals surface area contributed by atoms with Crippen molar-refractivity contribution in [2.45, 2.75) is 79.6 Å². The molecule has 21 heavy (non-hydrogen) atoms. The summed E-state index contributed by atoms with van der Waals surface area (Å²) in [6.07, 6.45) is 11.0. The second-order valence-corrected chi connectivity index (χ2v) is 7.24. The third-order valence-corrected chi connectivity index (χ3v) is 4.29. The molecule has 1 N–H and O–H groups in total. The molecule has 3 heteroatoms. The molecule has 0 spiro atoms. The first-order valence-corrected chi connectivity index (χ1v) is 7.99. The van der Waals surface area contributed by atoms with Gasteiger partial charge in [-0.05, 0) is 59.3 Å². The Hall–Kier alpha value is -1.12. The summed E-state index contributed by atoms with van der Waals surface area (Å²) in [4.78, 5) is 22.3. The van der Waals surface area contributed by atoms with E-state index in [-0.39, 0.29) is 11.2 Å². The van der Waals surface area contributed by atoms with E-state index in [1.165, 1.54) is 0 Å². The number of Topliss-reactive ketones (excluding diaryl/α,β-unsaturated/α-hetero) is 1. The number of ketones is 1. The zero-order chi connectivity index (χ0) is 16.5. The Kier molecular flexibility index (Phi) is 8.53. The van der Waals surface area contributed by atoms with Gasteiger partial charge >= 0.3 is 5.97 Å². The number of allylic oxidation sites excluding steroid dienone is 2. The van der Waals surface area contributed by atoms with Crippen molar-refractivity contribution < 1.29 is 14.7 Å². The van der Waals surface area contributed by atoms with Gasteiger partial charge in [0, 0.05) is 5.41 Å². The van der Waals surface area contributed by atoms with Gasteiger partial charge in [-0.2, -0.15) is 0 Å². The standard InChI is InChI=1S/C18H32O3/c1-15(19)17(2,3)13-11-9-7-6-8-10-12-14-18(4,5)16(20)21/h6-7H,8-14H2,1-5H3,(H,20,21). The van der Waals surface area contributed by atoms with Crippen molar-refractivity contribution in [3.05, 3.63) is 12.2 Å². The lowest BCUT2D eigenvalue weighted by molar-refractivity contribution is -0.147. The number of rotatable bonds is 11. The summed E-state index contributed by atoms with van der Waals surface area (Å²) < 4.78 is 0. The molecule has 0 heterocycles. The van der Waals surface area contributed by atoms with Gasteiger partial charge < -0.3 is 5.11 Å². The Balaban J connectivity index is 3.67. The number of hydrogen-bond donors (Lipinski definition) is 1. The number of carbonyl (C=O) groups excluding carboxylic acids is 1. The first kappa shape index (κ1) is 19.9. The molecule has 0 aliphatic carbocycles. The predicted octanol–water partition coefficient (Wildman–Crippen LogP) is 5.00. The average Bonchev–Trinajstić information content (AvgIpc) is 2.36. The molecule has 0 amide bonds. The molecule has 0 unspecified atom stereocenters. The van der Waals surface area contributed by atoms with Crippen molar-refractivity contribution in [2.75, 3.05) is 0 Å². The van der Waals surface area contributed by atoms with Gasteiger partial charge in [0.2, 0.25) is 0 Å². The third-order valence-electron chi connectivity index (χ3n) is 4.29. The summed E-state index contributed by atoms with van der Waals surface area (Å²) in [6.45, 7) is 9.23. The Labute approximate surface area is 129 Å². The van der Waals surface area contributed by atoms with E-state index >= 15 is 0 Å². The van der Waals surface area contributed by atoms with Crippen LogP contribution in [0.1, 0.15) is 79.6 Å². The maximum atomic E-state index is 11.4. The molecule has 0 aliphatic heterocycles. The zero-order valence-corrected chi connectivity index (χ0v) is 14.4. The minimum Gasteiger partial charge on any atom is -0.481 e. The number of aliphatic carboxylic acids is 1. The van der Waals surface area contributed by atoms with E-state index in [9.17, 15) is 9.59 Å². The van der Waals surface area contributed by atoms with E-state index < -0.39 is 11.4 Å². The third kappa shape index (κ3) is 8.69. The number of carboxylic acids is 1. The van der Waals surface area contributed by atoms with Crippen LogP contribution in [-0.4, -0.2) is 16.9 Å². The lowest BCUT2D eigenvalue weighted by Gasteiger charge is -2.20. The molecule has 122 valence electrons. The fourth-order valence-electron chi connectivity index (χ4n) is 2.01. The maximum Gasteiger partial charge on any atom is 0.309 e. The van der Waals surface area contributed by atoms with Gasteiger partial charge in [0.15, 0.2) is 0 Å². The molecule has 0 aromatic rings. The van der Waals surface area contributed by atoms with Crippen LogP contribution < -0.4 is 0 Å². The van der Waals surface area contributed by atoms with Crippen molar-refractivity contribution in [3.8, 4) is 0 Å². The highest BCUT2D eigenvalue weighted by Gasteiger charge is 2.25. The van der Waals surface area contributed by atoms with Crippen molar-refractivity contribution in [1.82, 2.24) is 0 Å². The molecule has 0 radical (unpaired) electrons. The minimum absolute atomic E-state index is 0.198. The van der Waals surface area contributed by atoms with Gasteiger partial charge in [-0.25, -0.2) is 0 Å². The van der Waals surface area contributed by atoms with Crippen LogP contribution in [0.25, 0.3) is 0 Å². The molecule has 0 aromatic carbocycles. The summed E-state index contributed by atoms with van der Waals surface area (Å²) in [6, 6.07) is 0. The highest BCUT2D eigenvalue weighted by Crippen LogP contribution is 2.25. The highest BCUT2D eigenvalue weighted by atomic mass is 16.4. The summed E-state index contributed by atoms with van der Waals surface area (Å²) in [7, 11) is 0. The molecule has 0 rings (SSSR count).